The highest BCUT2D eigenvalue weighted by atomic mass is 16.5. The summed E-state index contributed by atoms with van der Waals surface area (Å²) >= 11 is 0. The second kappa shape index (κ2) is 3.35. The molecule has 15 heavy (non-hydrogen) atoms. The quantitative estimate of drug-likeness (QED) is 0.695. The van der Waals surface area contributed by atoms with E-state index in [1.807, 2.05) is 23.1 Å². The Bertz CT molecular complexity index is 376. The van der Waals surface area contributed by atoms with E-state index in [0.717, 1.165) is 6.42 Å². The van der Waals surface area contributed by atoms with Crippen molar-refractivity contribution in [3.05, 3.63) is 35.9 Å². The minimum Gasteiger partial charge on any atom is -0.356 e. The first kappa shape index (κ1) is 8.92. The molecule has 0 spiro atoms. The lowest BCUT2D eigenvalue weighted by Gasteiger charge is -2.21. The summed E-state index contributed by atoms with van der Waals surface area (Å²) in [5.41, 5.74) is 1.18. The van der Waals surface area contributed by atoms with Gasteiger partial charge >= 0.3 is 0 Å². The lowest BCUT2D eigenvalue weighted by molar-refractivity contribution is -0.131. The molecule has 0 N–H and O–H groups in total. The van der Waals surface area contributed by atoms with Crippen LogP contribution in [0.4, 0.5) is 0 Å². The van der Waals surface area contributed by atoms with Gasteiger partial charge in [-0.2, -0.15) is 0 Å². The number of hydrogen-bond acceptors (Lipinski definition) is 2. The first-order chi connectivity index (χ1) is 7.36. The Balaban J connectivity index is 1.92. The third kappa shape index (κ3) is 1.35. The largest absolute Gasteiger partial charge is 0.356 e. The molecule has 2 fully saturated rings. The summed E-state index contributed by atoms with van der Waals surface area (Å²) in [5, 5.41) is 0. The van der Waals surface area contributed by atoms with E-state index in [-0.39, 0.29) is 18.2 Å². The predicted molar refractivity (Wildman–Crippen MR) is 55.0 cm³/mol. The molecule has 1 amide bonds. The normalized spacial score (nSPS) is 29.6. The molecule has 0 aliphatic carbocycles. The van der Waals surface area contributed by atoms with Crippen LogP contribution >= 0.6 is 0 Å². The van der Waals surface area contributed by atoms with Gasteiger partial charge in [0, 0.05) is 12.8 Å². The Hall–Kier alpha value is -1.35. The molecule has 0 radical (unpaired) electrons. The molecule has 2 aliphatic heterocycles. The Morgan fingerprint density at radius 2 is 2.07 bits per heavy atom. The summed E-state index contributed by atoms with van der Waals surface area (Å²) in [4.78, 5) is 13.6. The smallest absolute Gasteiger partial charge is 0.225 e. The third-order valence-corrected chi connectivity index (χ3v) is 3.17. The van der Waals surface area contributed by atoms with Gasteiger partial charge in [-0.1, -0.05) is 30.3 Å². The van der Waals surface area contributed by atoms with Crippen molar-refractivity contribution in [2.24, 2.45) is 0 Å². The van der Waals surface area contributed by atoms with Gasteiger partial charge < -0.3 is 9.64 Å². The van der Waals surface area contributed by atoms with Crippen molar-refractivity contribution in [3.63, 3.8) is 0 Å². The van der Waals surface area contributed by atoms with E-state index < -0.39 is 0 Å². The van der Waals surface area contributed by atoms with Crippen LogP contribution in [0.3, 0.4) is 0 Å². The van der Waals surface area contributed by atoms with Gasteiger partial charge in [0.05, 0.1) is 12.6 Å². The summed E-state index contributed by atoms with van der Waals surface area (Å²) < 4.78 is 5.62. The second-order valence-corrected chi connectivity index (χ2v) is 4.05. The molecule has 78 valence electrons. The Morgan fingerprint density at radius 1 is 1.27 bits per heavy atom. The van der Waals surface area contributed by atoms with Crippen LogP contribution in [0, 0.1) is 0 Å². The van der Waals surface area contributed by atoms with Crippen molar-refractivity contribution in [1.82, 2.24) is 4.90 Å². The molecule has 2 aliphatic rings. The van der Waals surface area contributed by atoms with Crippen molar-refractivity contribution < 1.29 is 9.53 Å². The van der Waals surface area contributed by atoms with E-state index in [4.69, 9.17) is 4.74 Å². The van der Waals surface area contributed by atoms with E-state index >= 15 is 0 Å². The van der Waals surface area contributed by atoms with Gasteiger partial charge in [-0.05, 0) is 5.56 Å². The SMILES string of the molecule is O=C1CCC2OCC(c3ccccc3)N12. The Morgan fingerprint density at radius 3 is 2.87 bits per heavy atom. The maximum absolute atomic E-state index is 11.7. The van der Waals surface area contributed by atoms with Crippen molar-refractivity contribution in [3.8, 4) is 0 Å². The van der Waals surface area contributed by atoms with Gasteiger partial charge in [0.2, 0.25) is 5.91 Å². The number of amides is 1. The third-order valence-electron chi connectivity index (χ3n) is 3.17. The number of nitrogens with zero attached hydrogens (tertiary/aromatic N) is 1. The van der Waals surface area contributed by atoms with Crippen molar-refractivity contribution >= 4 is 5.91 Å². The molecule has 1 aromatic rings. The minimum atomic E-state index is 0.0303. The number of ether oxygens (including phenoxy) is 1. The Labute approximate surface area is 88.6 Å². The van der Waals surface area contributed by atoms with Crippen LogP contribution in [-0.4, -0.2) is 23.6 Å². The molecule has 2 unspecified atom stereocenters. The van der Waals surface area contributed by atoms with Crippen LogP contribution in [0.2, 0.25) is 0 Å². The molecule has 0 aromatic heterocycles. The minimum absolute atomic E-state index is 0.0303. The van der Waals surface area contributed by atoms with E-state index in [9.17, 15) is 4.79 Å². The number of carbonyl (C=O) groups excluding carboxylic acids is 1. The molecule has 0 saturated carbocycles. The average molecular weight is 203 g/mol. The number of benzene rings is 1. The Kier molecular flexibility index (Phi) is 1.99. The maximum atomic E-state index is 11.7. The number of fused-ring (bicyclic) bond motifs is 1. The van der Waals surface area contributed by atoms with Gasteiger partial charge in [0.1, 0.15) is 6.23 Å². The molecule has 2 saturated heterocycles. The standard InChI is InChI=1S/C12H13NO2/c14-11-6-7-12-13(11)10(8-15-12)9-4-2-1-3-5-9/h1-5,10,12H,6-8H2. The lowest BCUT2D eigenvalue weighted by atomic mass is 10.1. The van der Waals surface area contributed by atoms with Crippen LogP contribution in [0.5, 0.6) is 0 Å². The summed E-state index contributed by atoms with van der Waals surface area (Å²) in [5.74, 6) is 0.228. The van der Waals surface area contributed by atoms with Gasteiger partial charge in [-0.25, -0.2) is 0 Å². The van der Waals surface area contributed by atoms with Crippen LogP contribution in [-0.2, 0) is 9.53 Å². The molecular weight excluding hydrogens is 190 g/mol. The van der Waals surface area contributed by atoms with E-state index in [1.54, 1.807) is 0 Å². The van der Waals surface area contributed by atoms with E-state index in [1.165, 1.54) is 5.56 Å². The fraction of sp³-hybridized carbons (Fsp3) is 0.417. The molecule has 1 aromatic carbocycles. The highest BCUT2D eigenvalue weighted by molar-refractivity contribution is 5.79. The highest BCUT2D eigenvalue weighted by Gasteiger charge is 2.42. The number of hydrogen-bond donors (Lipinski definition) is 0. The van der Waals surface area contributed by atoms with Gasteiger partial charge in [-0.3, -0.25) is 4.79 Å². The van der Waals surface area contributed by atoms with E-state index in [2.05, 4.69) is 12.1 Å². The zero-order chi connectivity index (χ0) is 10.3. The molecule has 3 nitrogen and oxygen atoms in total. The first-order valence-electron chi connectivity index (χ1n) is 5.34. The zero-order valence-corrected chi connectivity index (χ0v) is 8.43. The van der Waals surface area contributed by atoms with Crippen LogP contribution in [0.25, 0.3) is 0 Å². The monoisotopic (exact) mass is 203 g/mol. The maximum Gasteiger partial charge on any atom is 0.225 e. The second-order valence-electron chi connectivity index (χ2n) is 4.05. The fourth-order valence-electron chi connectivity index (χ4n) is 2.43. The summed E-state index contributed by atoms with van der Waals surface area (Å²) in [7, 11) is 0. The molecule has 3 heteroatoms. The topological polar surface area (TPSA) is 29.5 Å². The summed E-state index contributed by atoms with van der Waals surface area (Å²) in [6.07, 6.45) is 1.51. The van der Waals surface area contributed by atoms with E-state index in [0.29, 0.717) is 13.0 Å². The van der Waals surface area contributed by atoms with Crippen LogP contribution < -0.4 is 0 Å². The molecule has 2 heterocycles. The molecule has 2 atom stereocenters. The van der Waals surface area contributed by atoms with Gasteiger partial charge in [0.15, 0.2) is 0 Å². The first-order valence-corrected chi connectivity index (χ1v) is 5.34. The summed E-state index contributed by atoms with van der Waals surface area (Å²) in [6, 6.07) is 10.2. The number of carbonyl (C=O) groups is 1. The molecule has 3 rings (SSSR count). The average Bonchev–Trinajstić information content (AvgIpc) is 2.84. The van der Waals surface area contributed by atoms with Gasteiger partial charge in [0.25, 0.3) is 0 Å². The van der Waals surface area contributed by atoms with Crippen molar-refractivity contribution in [1.29, 1.82) is 0 Å². The number of rotatable bonds is 1. The zero-order valence-electron chi connectivity index (χ0n) is 8.43. The molecular formula is C12H13NO2. The van der Waals surface area contributed by atoms with Crippen LogP contribution in [0.15, 0.2) is 30.3 Å². The highest BCUT2D eigenvalue weighted by Crippen LogP contribution is 2.36. The fourth-order valence-corrected chi connectivity index (χ4v) is 2.43. The van der Waals surface area contributed by atoms with Crippen molar-refractivity contribution in [2.45, 2.75) is 25.1 Å². The van der Waals surface area contributed by atoms with Crippen LogP contribution in [0.1, 0.15) is 24.4 Å². The molecule has 0 bridgehead atoms. The van der Waals surface area contributed by atoms with Crippen molar-refractivity contribution in [2.75, 3.05) is 6.61 Å². The van der Waals surface area contributed by atoms with Gasteiger partial charge in [-0.15, -0.1) is 0 Å². The predicted octanol–water partition coefficient (Wildman–Crippen LogP) is 1.71. The lowest BCUT2D eigenvalue weighted by Crippen LogP contribution is -2.30. The summed E-state index contributed by atoms with van der Waals surface area (Å²) in [6.45, 7) is 0.639.